The van der Waals surface area contributed by atoms with Crippen molar-refractivity contribution in [2.75, 3.05) is 19.0 Å². The van der Waals surface area contributed by atoms with Crippen LogP contribution in [0.2, 0.25) is 0 Å². The fourth-order valence-corrected chi connectivity index (χ4v) is 5.91. The second kappa shape index (κ2) is 12.3. The smallest absolute Gasteiger partial charge is 0.294 e. The Bertz CT molecular complexity index is 1460. The molecule has 7 nitrogen and oxygen atoms in total. The highest BCUT2D eigenvalue weighted by Crippen LogP contribution is 2.37. The van der Waals surface area contributed by atoms with Gasteiger partial charge in [0, 0.05) is 5.69 Å². The standard InChI is InChI=1S/C30H29IN2O5S/c1-17-6-8-21(9-7-17)16-38-28-23(31)12-22(13-24(28)37-5)14-25-29(35)33(30(36)39-25)15-26(34)32-27-19(3)10-18(2)11-20(27)4/h6-14H,15-16H2,1-5H3,(H,32,34)/b25-14-. The lowest BCUT2D eigenvalue weighted by Crippen LogP contribution is -2.36. The molecule has 0 aliphatic carbocycles. The van der Waals surface area contributed by atoms with E-state index in [0.717, 1.165) is 42.5 Å². The second-order valence-electron chi connectivity index (χ2n) is 9.40. The zero-order valence-corrected chi connectivity index (χ0v) is 25.4. The highest BCUT2D eigenvalue weighted by molar-refractivity contribution is 14.1. The lowest BCUT2D eigenvalue weighted by molar-refractivity contribution is -0.127. The molecule has 9 heteroatoms. The summed E-state index contributed by atoms with van der Waals surface area (Å²) in [4.78, 5) is 39.6. The summed E-state index contributed by atoms with van der Waals surface area (Å²) < 4.78 is 12.4. The first kappa shape index (κ1) is 28.7. The van der Waals surface area contributed by atoms with Gasteiger partial charge in [0.15, 0.2) is 11.5 Å². The van der Waals surface area contributed by atoms with Crippen LogP contribution in [0, 0.1) is 31.3 Å². The van der Waals surface area contributed by atoms with Gasteiger partial charge in [0.25, 0.3) is 11.1 Å². The van der Waals surface area contributed by atoms with Gasteiger partial charge >= 0.3 is 0 Å². The molecule has 1 heterocycles. The maximum atomic E-state index is 13.1. The normalized spacial score (nSPS) is 14.2. The zero-order valence-electron chi connectivity index (χ0n) is 22.4. The van der Waals surface area contributed by atoms with E-state index in [9.17, 15) is 14.4 Å². The average molecular weight is 657 g/mol. The molecule has 4 rings (SSSR count). The van der Waals surface area contributed by atoms with E-state index in [4.69, 9.17) is 9.47 Å². The van der Waals surface area contributed by atoms with Crippen LogP contribution in [0.3, 0.4) is 0 Å². The Hall–Kier alpha value is -3.31. The van der Waals surface area contributed by atoms with Gasteiger partial charge < -0.3 is 14.8 Å². The van der Waals surface area contributed by atoms with E-state index in [0.29, 0.717) is 29.4 Å². The van der Waals surface area contributed by atoms with Gasteiger partial charge in [-0.15, -0.1) is 0 Å². The van der Waals surface area contributed by atoms with Crippen molar-refractivity contribution in [3.05, 3.63) is 90.4 Å². The Morgan fingerprint density at radius 1 is 1.00 bits per heavy atom. The monoisotopic (exact) mass is 656 g/mol. The summed E-state index contributed by atoms with van der Waals surface area (Å²) in [5.74, 6) is 0.177. The number of hydrogen-bond donors (Lipinski definition) is 1. The lowest BCUT2D eigenvalue weighted by Gasteiger charge is -2.16. The number of nitrogens with zero attached hydrogens (tertiary/aromatic N) is 1. The van der Waals surface area contributed by atoms with Gasteiger partial charge in [-0.2, -0.15) is 0 Å². The number of aryl methyl sites for hydroxylation is 4. The number of benzene rings is 3. The molecule has 0 bridgehead atoms. The summed E-state index contributed by atoms with van der Waals surface area (Å²) in [5.41, 5.74) is 6.52. The third kappa shape index (κ3) is 6.83. The van der Waals surface area contributed by atoms with Gasteiger partial charge in [0.2, 0.25) is 5.91 Å². The van der Waals surface area contributed by atoms with Crippen LogP contribution in [0.15, 0.2) is 53.4 Å². The second-order valence-corrected chi connectivity index (χ2v) is 11.6. The third-order valence-electron chi connectivity index (χ3n) is 6.17. The van der Waals surface area contributed by atoms with Crippen LogP contribution in [0.1, 0.15) is 33.4 Å². The Morgan fingerprint density at radius 3 is 2.31 bits per heavy atom. The fourth-order valence-electron chi connectivity index (χ4n) is 4.29. The SMILES string of the molecule is COc1cc(/C=C2\SC(=O)N(CC(=O)Nc3c(C)cc(C)cc3C)C2=O)cc(I)c1OCc1ccc(C)cc1. The minimum atomic E-state index is -0.508. The maximum Gasteiger partial charge on any atom is 0.294 e. The van der Waals surface area contributed by atoms with E-state index in [1.165, 1.54) is 5.56 Å². The molecule has 3 amide bonds. The molecule has 0 saturated carbocycles. The summed E-state index contributed by atoms with van der Waals surface area (Å²) in [7, 11) is 1.55. The molecule has 0 spiro atoms. The van der Waals surface area contributed by atoms with Crippen molar-refractivity contribution in [1.29, 1.82) is 0 Å². The van der Waals surface area contributed by atoms with E-state index < -0.39 is 17.1 Å². The van der Waals surface area contributed by atoms with Gasteiger partial charge in [0.05, 0.1) is 15.6 Å². The van der Waals surface area contributed by atoms with E-state index in [-0.39, 0.29) is 11.4 Å². The minimum Gasteiger partial charge on any atom is -0.493 e. The molecule has 1 fully saturated rings. The Kier molecular flexibility index (Phi) is 9.01. The molecule has 39 heavy (non-hydrogen) atoms. The molecule has 1 aliphatic rings. The van der Waals surface area contributed by atoms with E-state index in [2.05, 4.69) is 27.9 Å². The predicted octanol–water partition coefficient (Wildman–Crippen LogP) is 6.79. The van der Waals surface area contributed by atoms with Crippen LogP contribution >= 0.6 is 34.4 Å². The highest BCUT2D eigenvalue weighted by Gasteiger charge is 2.36. The molecule has 0 atom stereocenters. The van der Waals surface area contributed by atoms with Gasteiger partial charge in [-0.1, -0.05) is 47.5 Å². The Morgan fingerprint density at radius 2 is 1.67 bits per heavy atom. The topological polar surface area (TPSA) is 84.9 Å². The fraction of sp³-hybridized carbons (Fsp3) is 0.233. The van der Waals surface area contributed by atoms with Crippen molar-refractivity contribution in [3.8, 4) is 11.5 Å². The van der Waals surface area contributed by atoms with Crippen LogP contribution in [0.5, 0.6) is 11.5 Å². The van der Waals surface area contributed by atoms with Crippen molar-refractivity contribution in [1.82, 2.24) is 4.90 Å². The van der Waals surface area contributed by atoms with Crippen LogP contribution in [-0.2, 0) is 16.2 Å². The molecular weight excluding hydrogens is 627 g/mol. The number of amides is 3. The molecule has 3 aromatic carbocycles. The number of ether oxygens (including phenoxy) is 2. The van der Waals surface area contributed by atoms with Gasteiger partial charge in [-0.25, -0.2) is 0 Å². The predicted molar refractivity (Wildman–Crippen MR) is 163 cm³/mol. The quantitative estimate of drug-likeness (QED) is 0.213. The summed E-state index contributed by atoms with van der Waals surface area (Å²) in [6, 6.07) is 15.7. The molecule has 1 aliphatic heterocycles. The first-order valence-corrected chi connectivity index (χ1v) is 14.1. The molecule has 0 radical (unpaired) electrons. The van der Waals surface area contributed by atoms with Crippen molar-refractivity contribution < 1.29 is 23.9 Å². The lowest BCUT2D eigenvalue weighted by atomic mass is 10.1. The minimum absolute atomic E-state index is 0.238. The number of imide groups is 1. The van der Waals surface area contributed by atoms with E-state index >= 15 is 0 Å². The number of nitrogens with one attached hydrogen (secondary N) is 1. The maximum absolute atomic E-state index is 13.1. The van der Waals surface area contributed by atoms with Crippen LogP contribution < -0.4 is 14.8 Å². The van der Waals surface area contributed by atoms with Crippen molar-refractivity contribution in [2.45, 2.75) is 34.3 Å². The summed E-state index contributed by atoms with van der Waals surface area (Å²) in [6.45, 7) is 7.86. The van der Waals surface area contributed by atoms with Gasteiger partial charge in [-0.3, -0.25) is 19.3 Å². The number of carbonyl (C=O) groups excluding carboxylic acids is 3. The number of rotatable bonds is 8. The van der Waals surface area contributed by atoms with E-state index in [1.54, 1.807) is 19.3 Å². The number of methoxy groups -OCH3 is 1. The number of thioether (sulfide) groups is 1. The van der Waals surface area contributed by atoms with Crippen molar-refractivity contribution in [3.63, 3.8) is 0 Å². The molecule has 1 saturated heterocycles. The van der Waals surface area contributed by atoms with E-state index in [1.807, 2.05) is 70.2 Å². The third-order valence-corrected chi connectivity index (χ3v) is 7.88. The number of halogens is 1. The molecule has 1 N–H and O–H groups in total. The van der Waals surface area contributed by atoms with Crippen LogP contribution in [0.4, 0.5) is 10.5 Å². The van der Waals surface area contributed by atoms with Crippen molar-refractivity contribution >= 4 is 63.2 Å². The van der Waals surface area contributed by atoms with Crippen LogP contribution in [0.25, 0.3) is 6.08 Å². The Balaban J connectivity index is 1.47. The molecule has 3 aromatic rings. The van der Waals surface area contributed by atoms with Gasteiger partial charge in [-0.05, 0) is 103 Å². The first-order valence-electron chi connectivity index (χ1n) is 12.2. The number of carbonyl (C=O) groups is 3. The summed E-state index contributed by atoms with van der Waals surface area (Å²) in [6.07, 6.45) is 1.63. The number of anilines is 1. The first-order chi connectivity index (χ1) is 18.5. The molecule has 0 aromatic heterocycles. The molecule has 0 unspecified atom stereocenters. The molecular formula is C30H29IN2O5S. The zero-order chi connectivity index (χ0) is 28.3. The molecule has 202 valence electrons. The Labute approximate surface area is 246 Å². The van der Waals surface area contributed by atoms with Crippen molar-refractivity contribution in [2.24, 2.45) is 0 Å². The average Bonchev–Trinajstić information content (AvgIpc) is 3.13. The largest absolute Gasteiger partial charge is 0.493 e. The van der Waals surface area contributed by atoms with Crippen LogP contribution in [-0.4, -0.2) is 35.6 Å². The highest BCUT2D eigenvalue weighted by atomic mass is 127. The summed E-state index contributed by atoms with van der Waals surface area (Å²) >= 11 is 2.97. The summed E-state index contributed by atoms with van der Waals surface area (Å²) in [5, 5.41) is 2.36. The number of hydrogen-bond acceptors (Lipinski definition) is 6. The van der Waals surface area contributed by atoms with Gasteiger partial charge in [0.1, 0.15) is 13.2 Å².